The summed E-state index contributed by atoms with van der Waals surface area (Å²) in [4.78, 5) is 37.8. The van der Waals surface area contributed by atoms with Gasteiger partial charge in [-0.2, -0.15) is 0 Å². The second kappa shape index (κ2) is 12.1. The van der Waals surface area contributed by atoms with Crippen LogP contribution in [0.4, 0.5) is 10.5 Å². The molecule has 2 aromatic rings. The second-order valence-corrected chi connectivity index (χ2v) is 12.2. The zero-order valence-corrected chi connectivity index (χ0v) is 24.4. The van der Waals surface area contributed by atoms with Crippen molar-refractivity contribution in [2.24, 2.45) is 17.3 Å². The molecule has 0 bridgehead atoms. The van der Waals surface area contributed by atoms with Crippen LogP contribution in [0.15, 0.2) is 36.4 Å². The predicted octanol–water partition coefficient (Wildman–Crippen LogP) is 5.78. The maximum absolute atomic E-state index is 12.9. The Bertz CT molecular complexity index is 1280. The van der Waals surface area contributed by atoms with Crippen LogP contribution in [0.1, 0.15) is 58.3 Å². The number of carboxylic acid groups (broad SMARTS) is 1. The lowest BCUT2D eigenvalue weighted by molar-refractivity contribution is -0.124. The predicted molar refractivity (Wildman–Crippen MR) is 151 cm³/mol. The number of likely N-dealkylation sites (tertiary alicyclic amines) is 1. The smallest absolute Gasteiger partial charge is 0.407 e. The maximum atomic E-state index is 12.9. The molecule has 0 spiro atoms. The molecule has 40 heavy (non-hydrogen) atoms. The number of nitrogens with zero attached hydrogens (tertiary/aromatic N) is 2. The van der Waals surface area contributed by atoms with Crippen molar-refractivity contribution >= 4 is 35.1 Å². The number of carbonyl (C=O) groups is 3. The third kappa shape index (κ3) is 6.70. The Morgan fingerprint density at radius 1 is 1.12 bits per heavy atom. The Morgan fingerprint density at radius 3 is 2.55 bits per heavy atom. The van der Waals surface area contributed by atoms with E-state index in [2.05, 4.69) is 20.8 Å². The Hall–Kier alpha value is -3.30. The molecular weight excluding hydrogens is 536 g/mol. The van der Waals surface area contributed by atoms with Gasteiger partial charge in [0.05, 0.1) is 0 Å². The van der Waals surface area contributed by atoms with E-state index in [-0.39, 0.29) is 36.4 Å². The highest BCUT2D eigenvalue weighted by molar-refractivity contribution is 6.30. The lowest BCUT2D eigenvalue weighted by atomic mass is 9.85. The first-order valence-corrected chi connectivity index (χ1v) is 13.8. The van der Waals surface area contributed by atoms with E-state index in [0.29, 0.717) is 42.1 Å². The first-order chi connectivity index (χ1) is 18.9. The first kappa shape index (κ1) is 29.7. The average Bonchev–Trinajstić information content (AvgIpc) is 3.33. The van der Waals surface area contributed by atoms with E-state index in [4.69, 9.17) is 30.9 Å². The molecule has 5 rings (SSSR count). The van der Waals surface area contributed by atoms with E-state index in [1.807, 2.05) is 37.3 Å². The van der Waals surface area contributed by atoms with Gasteiger partial charge in [-0.25, -0.2) is 4.79 Å². The van der Waals surface area contributed by atoms with Crippen LogP contribution in [-0.4, -0.2) is 60.8 Å². The summed E-state index contributed by atoms with van der Waals surface area (Å²) in [7, 11) is 0. The van der Waals surface area contributed by atoms with Gasteiger partial charge in [-0.1, -0.05) is 51.4 Å². The third-order valence-electron chi connectivity index (χ3n) is 7.33. The van der Waals surface area contributed by atoms with Crippen LogP contribution in [0.2, 0.25) is 5.02 Å². The summed E-state index contributed by atoms with van der Waals surface area (Å²) < 4.78 is 17.2. The molecule has 0 radical (unpaired) electrons. The van der Waals surface area contributed by atoms with Gasteiger partial charge in [-0.3, -0.25) is 9.59 Å². The fourth-order valence-electron chi connectivity index (χ4n) is 5.27. The standard InChI is InChI=1S/C21H22ClNO4.C9H15NO3/c1-21(2,3)11-23-16-8-7-13(22)9-15(16)19(25-10-18(23)24)14-5-4-6-17-20(14)27-12-26-17;1-6-3-4-10(9(12)13)5-8(6)7(2)11/h4-9,19H,10-12H2,1-3H3;6,8H,3-5H2,1-2H3,(H,12,13)/t;6-,8-/m.0/s1. The molecule has 2 aromatic carbocycles. The molecule has 1 fully saturated rings. The number of piperidine rings is 1. The molecule has 3 atom stereocenters. The summed E-state index contributed by atoms with van der Waals surface area (Å²) in [6.07, 6.45) is -0.598. The molecule has 10 heteroatoms. The van der Waals surface area contributed by atoms with Crippen LogP contribution >= 0.6 is 11.6 Å². The van der Waals surface area contributed by atoms with Crippen molar-refractivity contribution in [3.05, 3.63) is 52.5 Å². The fraction of sp³-hybridized carbons (Fsp3) is 0.500. The van der Waals surface area contributed by atoms with Crippen LogP contribution in [0.5, 0.6) is 11.5 Å². The van der Waals surface area contributed by atoms with E-state index < -0.39 is 12.2 Å². The van der Waals surface area contributed by atoms with Crippen molar-refractivity contribution in [2.45, 2.75) is 47.1 Å². The summed E-state index contributed by atoms with van der Waals surface area (Å²) >= 11 is 6.30. The first-order valence-electron chi connectivity index (χ1n) is 13.4. The fourth-order valence-corrected chi connectivity index (χ4v) is 5.45. The van der Waals surface area contributed by atoms with Gasteiger partial charge in [0, 0.05) is 47.4 Å². The number of amides is 2. The summed E-state index contributed by atoms with van der Waals surface area (Å²) in [5.74, 6) is 1.57. The number of rotatable bonds is 3. The van der Waals surface area contributed by atoms with Gasteiger partial charge in [0.25, 0.3) is 5.91 Å². The van der Waals surface area contributed by atoms with Gasteiger partial charge in [0.15, 0.2) is 11.5 Å². The maximum Gasteiger partial charge on any atom is 0.407 e. The Balaban J connectivity index is 0.000000240. The lowest BCUT2D eigenvalue weighted by Crippen LogP contribution is -2.44. The lowest BCUT2D eigenvalue weighted by Gasteiger charge is -2.33. The molecule has 2 amide bonds. The van der Waals surface area contributed by atoms with E-state index >= 15 is 0 Å². The quantitative estimate of drug-likeness (QED) is 0.497. The number of halogens is 1. The number of fused-ring (bicyclic) bond motifs is 2. The molecule has 0 aromatic heterocycles. The largest absolute Gasteiger partial charge is 0.465 e. The highest BCUT2D eigenvalue weighted by atomic mass is 35.5. The zero-order valence-electron chi connectivity index (χ0n) is 23.6. The molecule has 3 aliphatic heterocycles. The minimum atomic E-state index is -0.918. The number of ether oxygens (including phenoxy) is 3. The normalized spacial score (nSPS) is 22.1. The molecule has 0 saturated carbocycles. The molecule has 216 valence electrons. The SMILES string of the molecule is CC(=O)[C@H]1CN(C(=O)O)CC[C@@H]1C.CC(C)(C)CN1C(=O)COC(c2cccc3c2OCO3)c2cc(Cl)ccc21. The van der Waals surface area contributed by atoms with Crippen LogP contribution < -0.4 is 14.4 Å². The van der Waals surface area contributed by atoms with Gasteiger partial charge in [-0.15, -0.1) is 0 Å². The van der Waals surface area contributed by atoms with Gasteiger partial charge >= 0.3 is 6.09 Å². The molecular formula is C30H37ClN2O7. The number of hydrogen-bond donors (Lipinski definition) is 1. The van der Waals surface area contributed by atoms with Crippen LogP contribution in [-0.2, 0) is 14.3 Å². The van der Waals surface area contributed by atoms with Crippen molar-refractivity contribution in [1.82, 2.24) is 4.90 Å². The van der Waals surface area contributed by atoms with Gasteiger partial charge in [0.2, 0.25) is 6.79 Å². The molecule has 1 unspecified atom stereocenters. The summed E-state index contributed by atoms with van der Waals surface area (Å²) in [6, 6.07) is 11.3. The van der Waals surface area contributed by atoms with Crippen LogP contribution in [0, 0.1) is 17.3 Å². The molecule has 1 N–H and O–H groups in total. The number of hydrogen-bond acceptors (Lipinski definition) is 6. The number of ketones is 1. The Labute approximate surface area is 239 Å². The van der Waals surface area contributed by atoms with Crippen molar-refractivity contribution in [1.29, 1.82) is 0 Å². The van der Waals surface area contributed by atoms with E-state index in [1.165, 1.54) is 11.8 Å². The summed E-state index contributed by atoms with van der Waals surface area (Å²) in [5, 5.41) is 9.33. The Morgan fingerprint density at radius 2 is 1.88 bits per heavy atom. The molecule has 3 heterocycles. The second-order valence-electron chi connectivity index (χ2n) is 11.7. The van der Waals surface area contributed by atoms with Gasteiger partial charge in [-0.05, 0) is 48.9 Å². The van der Waals surface area contributed by atoms with Gasteiger partial charge in [0.1, 0.15) is 18.5 Å². The number of carbonyl (C=O) groups excluding carboxylic acids is 2. The van der Waals surface area contributed by atoms with E-state index in [1.54, 1.807) is 11.0 Å². The summed E-state index contributed by atoms with van der Waals surface area (Å²) in [5.41, 5.74) is 2.44. The number of benzene rings is 2. The zero-order chi connectivity index (χ0) is 29.2. The molecule has 1 saturated heterocycles. The summed E-state index contributed by atoms with van der Waals surface area (Å²) in [6.45, 7) is 11.5. The van der Waals surface area contributed by atoms with E-state index in [9.17, 15) is 14.4 Å². The minimum absolute atomic E-state index is 0.0163. The number of para-hydroxylation sites is 1. The monoisotopic (exact) mass is 572 g/mol. The average molecular weight is 573 g/mol. The van der Waals surface area contributed by atoms with Crippen LogP contribution in [0.25, 0.3) is 0 Å². The van der Waals surface area contributed by atoms with Crippen molar-refractivity contribution in [3.8, 4) is 11.5 Å². The van der Waals surface area contributed by atoms with Crippen molar-refractivity contribution < 1.29 is 33.7 Å². The molecule has 3 aliphatic rings. The molecule has 0 aliphatic carbocycles. The molecule has 9 nitrogen and oxygen atoms in total. The number of anilines is 1. The van der Waals surface area contributed by atoms with Crippen molar-refractivity contribution in [3.63, 3.8) is 0 Å². The van der Waals surface area contributed by atoms with Crippen molar-refractivity contribution in [2.75, 3.05) is 37.9 Å². The van der Waals surface area contributed by atoms with E-state index in [0.717, 1.165) is 23.2 Å². The van der Waals surface area contributed by atoms with Crippen LogP contribution in [0.3, 0.4) is 0 Å². The third-order valence-corrected chi connectivity index (χ3v) is 7.57. The minimum Gasteiger partial charge on any atom is -0.465 e. The Kier molecular flexibility index (Phi) is 8.95. The number of Topliss-reactive ketones (excluding diaryl/α,β-unsaturated/α-hetero) is 1. The topological polar surface area (TPSA) is 106 Å². The highest BCUT2D eigenvalue weighted by Gasteiger charge is 2.35. The van der Waals surface area contributed by atoms with Gasteiger partial charge < -0.3 is 29.1 Å². The highest BCUT2D eigenvalue weighted by Crippen LogP contribution is 2.45.